The first kappa shape index (κ1) is 13.9. The van der Waals surface area contributed by atoms with Gasteiger partial charge in [0.05, 0.1) is 5.56 Å². The highest BCUT2D eigenvalue weighted by atomic mass is 16.2. The highest BCUT2D eigenvalue weighted by Crippen LogP contribution is 2.25. The summed E-state index contributed by atoms with van der Waals surface area (Å²) in [7, 11) is 1.86. The van der Waals surface area contributed by atoms with E-state index in [1.807, 2.05) is 37.1 Å². The minimum atomic E-state index is 0.159. The summed E-state index contributed by atoms with van der Waals surface area (Å²) in [4.78, 5) is 14.7. The third-order valence-corrected chi connectivity index (χ3v) is 3.83. The van der Waals surface area contributed by atoms with Crippen LogP contribution >= 0.6 is 0 Å². The number of aryl methyl sites for hydroxylation is 1. The molecule has 1 fully saturated rings. The molecule has 1 aromatic rings. The van der Waals surface area contributed by atoms with Crippen molar-refractivity contribution in [2.75, 3.05) is 25.5 Å². The maximum absolute atomic E-state index is 12.7. The molecule has 104 valence electrons. The second kappa shape index (κ2) is 5.64. The van der Waals surface area contributed by atoms with E-state index in [1.165, 1.54) is 6.42 Å². The summed E-state index contributed by atoms with van der Waals surface area (Å²) in [6, 6.07) is 6.00. The van der Waals surface area contributed by atoms with Crippen LogP contribution in [0.2, 0.25) is 0 Å². The highest BCUT2D eigenvalue weighted by Gasteiger charge is 2.27. The third-order valence-electron chi connectivity index (χ3n) is 3.83. The summed E-state index contributed by atoms with van der Waals surface area (Å²) in [5.74, 6) is 1.34. The van der Waals surface area contributed by atoms with Gasteiger partial charge in [-0.05, 0) is 37.3 Å². The molecule has 2 unspecified atom stereocenters. The quantitative estimate of drug-likeness (QED) is 0.886. The van der Waals surface area contributed by atoms with Crippen molar-refractivity contribution in [1.82, 2.24) is 4.90 Å². The standard InChI is InChI=1S/C16H24N2O/c1-11-5-6-15(17-4)14(8-11)16(19)18-9-12(2)7-13(3)10-18/h5-6,8,12-13,17H,7,9-10H2,1-4H3. The van der Waals surface area contributed by atoms with Crippen molar-refractivity contribution in [3.8, 4) is 0 Å². The number of piperidine rings is 1. The summed E-state index contributed by atoms with van der Waals surface area (Å²) >= 11 is 0. The lowest BCUT2D eigenvalue weighted by Crippen LogP contribution is -2.42. The van der Waals surface area contributed by atoms with E-state index in [-0.39, 0.29) is 5.91 Å². The lowest BCUT2D eigenvalue weighted by atomic mass is 9.91. The van der Waals surface area contributed by atoms with E-state index < -0.39 is 0 Å². The molecule has 0 aromatic heterocycles. The van der Waals surface area contributed by atoms with Gasteiger partial charge in [-0.1, -0.05) is 25.5 Å². The monoisotopic (exact) mass is 260 g/mol. The van der Waals surface area contributed by atoms with Crippen molar-refractivity contribution in [1.29, 1.82) is 0 Å². The Morgan fingerprint density at radius 3 is 2.47 bits per heavy atom. The number of carbonyl (C=O) groups excluding carboxylic acids is 1. The van der Waals surface area contributed by atoms with Crippen molar-refractivity contribution in [2.24, 2.45) is 11.8 Å². The molecule has 3 nitrogen and oxygen atoms in total. The summed E-state index contributed by atoms with van der Waals surface area (Å²) in [6.07, 6.45) is 1.22. The van der Waals surface area contributed by atoms with Crippen molar-refractivity contribution in [3.63, 3.8) is 0 Å². The van der Waals surface area contributed by atoms with Crippen molar-refractivity contribution in [3.05, 3.63) is 29.3 Å². The lowest BCUT2D eigenvalue weighted by molar-refractivity contribution is 0.0624. The minimum Gasteiger partial charge on any atom is -0.387 e. The molecule has 2 rings (SSSR count). The Hall–Kier alpha value is -1.51. The minimum absolute atomic E-state index is 0.159. The van der Waals surface area contributed by atoms with Gasteiger partial charge in [0, 0.05) is 25.8 Å². The molecule has 0 spiro atoms. The second-order valence-corrected chi connectivity index (χ2v) is 5.96. The van der Waals surface area contributed by atoms with Crippen LogP contribution in [0, 0.1) is 18.8 Å². The third kappa shape index (κ3) is 3.09. The van der Waals surface area contributed by atoms with Crippen LogP contribution in [-0.4, -0.2) is 30.9 Å². The molecule has 3 heteroatoms. The van der Waals surface area contributed by atoms with Crippen molar-refractivity contribution >= 4 is 11.6 Å². The molecule has 2 atom stereocenters. The van der Waals surface area contributed by atoms with Gasteiger partial charge >= 0.3 is 0 Å². The van der Waals surface area contributed by atoms with Gasteiger partial charge in [-0.3, -0.25) is 4.79 Å². The smallest absolute Gasteiger partial charge is 0.255 e. The van der Waals surface area contributed by atoms with E-state index in [0.29, 0.717) is 11.8 Å². The molecule has 1 N–H and O–H groups in total. The zero-order chi connectivity index (χ0) is 14.0. The van der Waals surface area contributed by atoms with E-state index in [2.05, 4.69) is 19.2 Å². The number of benzene rings is 1. The predicted octanol–water partition coefficient (Wildman–Crippen LogP) is 3.15. The van der Waals surface area contributed by atoms with Crippen LogP contribution in [0.4, 0.5) is 5.69 Å². The van der Waals surface area contributed by atoms with Gasteiger partial charge in [0.2, 0.25) is 0 Å². The maximum Gasteiger partial charge on any atom is 0.255 e. The Kier molecular flexibility index (Phi) is 4.13. The number of hydrogen-bond acceptors (Lipinski definition) is 2. The number of rotatable bonds is 2. The molecule has 0 radical (unpaired) electrons. The topological polar surface area (TPSA) is 32.3 Å². The van der Waals surface area contributed by atoms with Crippen LogP contribution in [0.15, 0.2) is 18.2 Å². The molecular weight excluding hydrogens is 236 g/mol. The fourth-order valence-corrected chi connectivity index (χ4v) is 3.05. The Morgan fingerprint density at radius 1 is 1.26 bits per heavy atom. The first-order chi connectivity index (χ1) is 9.01. The second-order valence-electron chi connectivity index (χ2n) is 5.96. The van der Waals surface area contributed by atoms with E-state index >= 15 is 0 Å². The van der Waals surface area contributed by atoms with Crippen LogP contribution in [0.3, 0.4) is 0 Å². The Bertz CT molecular complexity index is 460. The maximum atomic E-state index is 12.7. The summed E-state index contributed by atoms with van der Waals surface area (Å²) in [6.45, 7) is 8.23. The SMILES string of the molecule is CNc1ccc(C)cc1C(=O)N1CC(C)CC(C)C1. The molecule has 1 amide bonds. The predicted molar refractivity (Wildman–Crippen MR) is 79.6 cm³/mol. The van der Waals surface area contributed by atoms with E-state index in [0.717, 1.165) is 29.9 Å². The molecule has 19 heavy (non-hydrogen) atoms. The number of carbonyl (C=O) groups is 1. The number of nitrogens with one attached hydrogen (secondary N) is 1. The molecule has 0 saturated carbocycles. The van der Waals surface area contributed by atoms with E-state index in [9.17, 15) is 4.79 Å². The van der Waals surface area contributed by atoms with Gasteiger partial charge in [-0.25, -0.2) is 0 Å². The van der Waals surface area contributed by atoms with Gasteiger partial charge in [-0.15, -0.1) is 0 Å². The largest absolute Gasteiger partial charge is 0.387 e. The molecule has 1 aliphatic heterocycles. The zero-order valence-electron chi connectivity index (χ0n) is 12.4. The molecule has 1 heterocycles. The number of hydrogen-bond donors (Lipinski definition) is 1. The van der Waals surface area contributed by atoms with Gasteiger partial charge in [0.25, 0.3) is 5.91 Å². The Labute approximate surface area is 116 Å². The molecule has 0 bridgehead atoms. The van der Waals surface area contributed by atoms with Crippen LogP contribution in [0.25, 0.3) is 0 Å². The fraction of sp³-hybridized carbons (Fsp3) is 0.562. The summed E-state index contributed by atoms with van der Waals surface area (Å²) in [5, 5.41) is 3.12. The van der Waals surface area contributed by atoms with E-state index in [1.54, 1.807) is 0 Å². The Morgan fingerprint density at radius 2 is 1.89 bits per heavy atom. The molecule has 0 aliphatic carbocycles. The van der Waals surface area contributed by atoms with Gasteiger partial charge in [-0.2, -0.15) is 0 Å². The number of likely N-dealkylation sites (tertiary alicyclic amines) is 1. The zero-order valence-corrected chi connectivity index (χ0v) is 12.4. The number of amides is 1. The molecule has 1 aromatic carbocycles. The van der Waals surface area contributed by atoms with E-state index in [4.69, 9.17) is 0 Å². The van der Waals surface area contributed by atoms with Crippen LogP contribution < -0.4 is 5.32 Å². The average Bonchev–Trinajstić information content (AvgIpc) is 2.36. The van der Waals surface area contributed by atoms with Gasteiger partial charge in [0.15, 0.2) is 0 Å². The van der Waals surface area contributed by atoms with Crippen LogP contribution in [0.5, 0.6) is 0 Å². The summed E-state index contributed by atoms with van der Waals surface area (Å²) < 4.78 is 0. The summed E-state index contributed by atoms with van der Waals surface area (Å²) in [5.41, 5.74) is 2.84. The normalized spacial score (nSPS) is 23.3. The van der Waals surface area contributed by atoms with Crippen molar-refractivity contribution < 1.29 is 4.79 Å². The highest BCUT2D eigenvalue weighted by molar-refractivity contribution is 5.99. The average molecular weight is 260 g/mol. The van der Waals surface area contributed by atoms with Gasteiger partial charge < -0.3 is 10.2 Å². The first-order valence-electron chi connectivity index (χ1n) is 7.09. The number of nitrogens with zero attached hydrogens (tertiary/aromatic N) is 1. The first-order valence-corrected chi connectivity index (χ1v) is 7.09. The van der Waals surface area contributed by atoms with Crippen LogP contribution in [-0.2, 0) is 0 Å². The Balaban J connectivity index is 2.26. The molecular formula is C16H24N2O. The van der Waals surface area contributed by atoms with Gasteiger partial charge in [0.1, 0.15) is 0 Å². The van der Waals surface area contributed by atoms with Crippen LogP contribution in [0.1, 0.15) is 36.2 Å². The fourth-order valence-electron chi connectivity index (χ4n) is 3.05. The van der Waals surface area contributed by atoms with Crippen molar-refractivity contribution in [2.45, 2.75) is 27.2 Å². The molecule has 1 aliphatic rings. The molecule has 1 saturated heterocycles. The number of anilines is 1. The lowest BCUT2D eigenvalue weighted by Gasteiger charge is -2.35.